The van der Waals surface area contributed by atoms with Gasteiger partial charge in [-0.3, -0.25) is 9.48 Å². The summed E-state index contributed by atoms with van der Waals surface area (Å²) in [6.07, 6.45) is 1.61. The largest absolute Gasteiger partial charge is 0.388 e. The van der Waals surface area contributed by atoms with Gasteiger partial charge in [0.1, 0.15) is 0 Å². The van der Waals surface area contributed by atoms with Gasteiger partial charge in [-0.25, -0.2) is 0 Å². The van der Waals surface area contributed by atoms with Gasteiger partial charge in [0.05, 0.1) is 17.4 Å². The highest BCUT2D eigenvalue weighted by Gasteiger charge is 2.26. The molecule has 5 nitrogen and oxygen atoms in total. The lowest BCUT2D eigenvalue weighted by Crippen LogP contribution is -2.35. The summed E-state index contributed by atoms with van der Waals surface area (Å²) in [4.78, 5) is 12.6. The van der Waals surface area contributed by atoms with Crippen LogP contribution in [-0.4, -0.2) is 26.8 Å². The van der Waals surface area contributed by atoms with Gasteiger partial charge in [-0.1, -0.05) is 51.1 Å². The third-order valence-corrected chi connectivity index (χ3v) is 3.92. The van der Waals surface area contributed by atoms with Crippen molar-refractivity contribution in [2.45, 2.75) is 51.7 Å². The minimum absolute atomic E-state index is 0.152. The maximum absolute atomic E-state index is 12.6. The summed E-state index contributed by atoms with van der Waals surface area (Å²) < 4.78 is 1.67. The van der Waals surface area contributed by atoms with Crippen molar-refractivity contribution in [1.82, 2.24) is 15.1 Å². The molecule has 0 radical (unpaired) electrons. The maximum atomic E-state index is 12.6. The fourth-order valence-corrected chi connectivity index (χ4v) is 2.72. The molecule has 5 heteroatoms. The van der Waals surface area contributed by atoms with Gasteiger partial charge in [0.25, 0.3) is 5.91 Å². The van der Waals surface area contributed by atoms with Crippen molar-refractivity contribution in [1.29, 1.82) is 0 Å². The zero-order chi connectivity index (χ0) is 17.9. The Labute approximate surface area is 143 Å². The van der Waals surface area contributed by atoms with Crippen LogP contribution in [0.5, 0.6) is 0 Å². The van der Waals surface area contributed by atoms with Crippen molar-refractivity contribution in [3.63, 3.8) is 0 Å². The molecule has 2 unspecified atom stereocenters. The number of benzene rings is 1. The maximum Gasteiger partial charge on any atom is 0.254 e. The fourth-order valence-electron chi connectivity index (χ4n) is 2.72. The summed E-state index contributed by atoms with van der Waals surface area (Å²) in [6, 6.07) is 9.33. The molecular formula is C19H27N3O2. The van der Waals surface area contributed by atoms with Crippen LogP contribution in [0.4, 0.5) is 0 Å². The Morgan fingerprint density at radius 2 is 1.92 bits per heavy atom. The van der Waals surface area contributed by atoms with E-state index in [9.17, 15) is 9.90 Å². The number of aliphatic hydroxyl groups is 1. The number of aryl methyl sites for hydroxylation is 1. The van der Waals surface area contributed by atoms with E-state index in [1.54, 1.807) is 10.9 Å². The molecule has 0 spiro atoms. The second-order valence-corrected chi connectivity index (χ2v) is 7.35. The summed E-state index contributed by atoms with van der Waals surface area (Å²) in [6.45, 7) is 8.01. The summed E-state index contributed by atoms with van der Waals surface area (Å²) in [5.41, 5.74) is 2.01. The molecule has 0 fully saturated rings. The molecule has 24 heavy (non-hydrogen) atoms. The Morgan fingerprint density at radius 1 is 1.29 bits per heavy atom. The summed E-state index contributed by atoms with van der Waals surface area (Å²) in [5.74, 6) is -0.152. The second-order valence-electron chi connectivity index (χ2n) is 7.35. The van der Waals surface area contributed by atoms with Crippen molar-refractivity contribution in [3.8, 4) is 0 Å². The van der Waals surface area contributed by atoms with Crippen molar-refractivity contribution in [3.05, 3.63) is 53.3 Å². The SMILES string of the molecule is CC(CC(O)c1ccccc1)NC(=O)c1cn(C)nc1C(C)(C)C. The molecule has 2 atom stereocenters. The smallest absolute Gasteiger partial charge is 0.254 e. The number of hydrogen-bond acceptors (Lipinski definition) is 3. The molecule has 1 aromatic heterocycles. The van der Waals surface area contributed by atoms with E-state index in [0.29, 0.717) is 12.0 Å². The number of amides is 1. The highest BCUT2D eigenvalue weighted by Crippen LogP contribution is 2.24. The molecule has 0 aliphatic carbocycles. The molecule has 0 aliphatic heterocycles. The van der Waals surface area contributed by atoms with Crippen LogP contribution in [0.15, 0.2) is 36.5 Å². The molecule has 1 heterocycles. The Balaban J connectivity index is 2.05. The molecule has 0 saturated heterocycles. The summed E-state index contributed by atoms with van der Waals surface area (Å²) >= 11 is 0. The van der Waals surface area contributed by atoms with Crippen LogP contribution >= 0.6 is 0 Å². The predicted molar refractivity (Wildman–Crippen MR) is 94.9 cm³/mol. The molecule has 0 bridgehead atoms. The summed E-state index contributed by atoms with van der Waals surface area (Å²) in [5, 5.41) is 17.7. The molecule has 2 N–H and O–H groups in total. The third-order valence-electron chi connectivity index (χ3n) is 3.92. The Bertz CT molecular complexity index is 686. The average molecular weight is 329 g/mol. The number of nitrogens with zero attached hydrogens (tertiary/aromatic N) is 2. The Hall–Kier alpha value is -2.14. The number of aromatic nitrogens is 2. The lowest BCUT2D eigenvalue weighted by molar-refractivity contribution is 0.0914. The van der Waals surface area contributed by atoms with Gasteiger partial charge >= 0.3 is 0 Å². The Morgan fingerprint density at radius 3 is 2.50 bits per heavy atom. The van der Waals surface area contributed by atoms with E-state index < -0.39 is 6.10 Å². The second kappa shape index (κ2) is 7.18. The third kappa shape index (κ3) is 4.45. The van der Waals surface area contributed by atoms with E-state index in [1.807, 2.05) is 65.1 Å². The molecule has 2 rings (SSSR count). The van der Waals surface area contributed by atoms with Gasteiger partial charge in [0.15, 0.2) is 0 Å². The van der Waals surface area contributed by atoms with Crippen LogP contribution in [0.3, 0.4) is 0 Å². The highest BCUT2D eigenvalue weighted by molar-refractivity contribution is 5.95. The van der Waals surface area contributed by atoms with Crippen LogP contribution in [0, 0.1) is 0 Å². The lowest BCUT2D eigenvalue weighted by atomic mass is 9.89. The first-order valence-corrected chi connectivity index (χ1v) is 8.26. The van der Waals surface area contributed by atoms with Crippen LogP contribution in [-0.2, 0) is 12.5 Å². The quantitative estimate of drug-likeness (QED) is 0.886. The first-order chi connectivity index (χ1) is 11.2. The van der Waals surface area contributed by atoms with Gasteiger partial charge in [-0.2, -0.15) is 5.10 Å². The van der Waals surface area contributed by atoms with Crippen LogP contribution in [0.1, 0.15) is 61.8 Å². The van der Waals surface area contributed by atoms with Crippen LogP contribution in [0.25, 0.3) is 0 Å². The number of carbonyl (C=O) groups is 1. The van der Waals surface area contributed by atoms with Crippen LogP contribution < -0.4 is 5.32 Å². The minimum Gasteiger partial charge on any atom is -0.388 e. The zero-order valence-electron chi connectivity index (χ0n) is 15.1. The summed E-state index contributed by atoms with van der Waals surface area (Å²) in [7, 11) is 1.81. The van der Waals surface area contributed by atoms with E-state index in [1.165, 1.54) is 0 Å². The molecule has 1 amide bonds. The molecule has 2 aromatic rings. The molecule has 0 saturated carbocycles. The number of nitrogens with one attached hydrogen (secondary N) is 1. The van der Waals surface area contributed by atoms with Crippen LogP contribution in [0.2, 0.25) is 0 Å². The lowest BCUT2D eigenvalue weighted by Gasteiger charge is -2.20. The average Bonchev–Trinajstić information content (AvgIpc) is 2.90. The van der Waals surface area contributed by atoms with Gasteiger partial charge in [-0.15, -0.1) is 0 Å². The molecule has 0 aliphatic rings. The van der Waals surface area contributed by atoms with E-state index in [4.69, 9.17) is 0 Å². The minimum atomic E-state index is -0.600. The zero-order valence-corrected chi connectivity index (χ0v) is 15.1. The van der Waals surface area contributed by atoms with E-state index in [0.717, 1.165) is 11.3 Å². The first kappa shape index (κ1) is 18.2. The molecule has 130 valence electrons. The number of hydrogen-bond donors (Lipinski definition) is 2. The molecule has 1 aromatic carbocycles. The van der Waals surface area contributed by atoms with Crippen molar-refractivity contribution >= 4 is 5.91 Å². The highest BCUT2D eigenvalue weighted by atomic mass is 16.3. The van der Waals surface area contributed by atoms with Crippen molar-refractivity contribution in [2.24, 2.45) is 7.05 Å². The van der Waals surface area contributed by atoms with Gasteiger partial charge in [-0.05, 0) is 18.9 Å². The van der Waals surface area contributed by atoms with Gasteiger partial charge < -0.3 is 10.4 Å². The standard InChI is InChI=1S/C19H27N3O2/c1-13(11-16(23)14-9-7-6-8-10-14)20-18(24)15-12-22(5)21-17(15)19(2,3)4/h6-10,12-13,16,23H,11H2,1-5H3,(H,20,24). The van der Waals surface area contributed by atoms with E-state index in [2.05, 4.69) is 10.4 Å². The fraction of sp³-hybridized carbons (Fsp3) is 0.474. The van der Waals surface area contributed by atoms with Gasteiger partial charge in [0, 0.05) is 24.7 Å². The predicted octanol–water partition coefficient (Wildman–Crippen LogP) is 2.96. The molecular weight excluding hydrogens is 302 g/mol. The Kier molecular flexibility index (Phi) is 5.44. The normalized spacial score (nSPS) is 14.2. The number of aliphatic hydroxyl groups excluding tert-OH is 1. The topological polar surface area (TPSA) is 67.2 Å². The first-order valence-electron chi connectivity index (χ1n) is 8.26. The van der Waals surface area contributed by atoms with Gasteiger partial charge in [0.2, 0.25) is 0 Å². The van der Waals surface area contributed by atoms with Crippen molar-refractivity contribution in [2.75, 3.05) is 0 Å². The number of carbonyl (C=O) groups excluding carboxylic acids is 1. The number of rotatable bonds is 5. The van der Waals surface area contributed by atoms with Crippen molar-refractivity contribution < 1.29 is 9.90 Å². The van der Waals surface area contributed by atoms with E-state index in [-0.39, 0.29) is 17.4 Å². The monoisotopic (exact) mass is 329 g/mol. The van der Waals surface area contributed by atoms with E-state index >= 15 is 0 Å².